The number of fused-ring (bicyclic) bond motifs is 1. The minimum absolute atomic E-state index is 0.0823. The fraction of sp³-hybridized carbons (Fsp3) is 0.0625. The molecule has 128 valence electrons. The highest BCUT2D eigenvalue weighted by Gasteiger charge is 2.11. The number of aromatic nitrogens is 1. The molecule has 0 aliphatic rings. The van der Waals surface area contributed by atoms with E-state index in [0.717, 1.165) is 10.2 Å². The number of aromatic hydroxyl groups is 1. The Hall–Kier alpha value is -2.84. The molecule has 1 amide bonds. The molecule has 4 N–H and O–H groups in total. The number of methoxy groups -OCH3 is 1. The standard InChI is InChI=1S/C16H13ClN4O3S/c1-24-11-5-3-9(13(17)14(11)22)7-19-21-15(23)8-2-4-10-12(6-8)25-16(18)20-10/h2-7,22H,1H3,(H2,18,20)(H,21,23)/b19-7-. The lowest BCUT2D eigenvalue weighted by molar-refractivity contribution is 0.0955. The van der Waals surface area contributed by atoms with Crippen molar-refractivity contribution >= 4 is 50.4 Å². The molecule has 0 atom stereocenters. The zero-order valence-electron chi connectivity index (χ0n) is 13.0. The number of rotatable bonds is 4. The number of nitrogens with two attached hydrogens (primary N) is 1. The molecule has 25 heavy (non-hydrogen) atoms. The maximum Gasteiger partial charge on any atom is 0.271 e. The minimum Gasteiger partial charge on any atom is -0.503 e. The molecule has 3 aromatic rings. The number of hydrogen-bond donors (Lipinski definition) is 3. The molecule has 7 nitrogen and oxygen atoms in total. The number of anilines is 1. The fourth-order valence-corrected chi connectivity index (χ4v) is 3.11. The third-order valence-corrected chi connectivity index (χ3v) is 4.61. The molecule has 0 spiro atoms. The van der Waals surface area contributed by atoms with Crippen LogP contribution in [0.3, 0.4) is 0 Å². The first-order chi connectivity index (χ1) is 12.0. The van der Waals surface area contributed by atoms with Crippen LogP contribution in [-0.4, -0.2) is 29.3 Å². The van der Waals surface area contributed by atoms with Crippen LogP contribution in [0.4, 0.5) is 5.13 Å². The Morgan fingerprint density at radius 1 is 1.44 bits per heavy atom. The zero-order chi connectivity index (χ0) is 18.0. The Morgan fingerprint density at radius 2 is 2.24 bits per heavy atom. The molecular formula is C16H13ClN4O3S. The number of carbonyl (C=O) groups excluding carboxylic acids is 1. The van der Waals surface area contributed by atoms with E-state index in [0.29, 0.717) is 16.3 Å². The van der Waals surface area contributed by atoms with Crippen LogP contribution in [0, 0.1) is 0 Å². The average Bonchev–Trinajstić information content (AvgIpc) is 2.97. The van der Waals surface area contributed by atoms with Gasteiger partial charge in [-0.2, -0.15) is 5.10 Å². The van der Waals surface area contributed by atoms with Crippen molar-refractivity contribution in [2.45, 2.75) is 0 Å². The summed E-state index contributed by atoms with van der Waals surface area (Å²) in [6, 6.07) is 8.22. The van der Waals surface area contributed by atoms with Crippen molar-refractivity contribution in [1.29, 1.82) is 0 Å². The van der Waals surface area contributed by atoms with E-state index in [-0.39, 0.29) is 22.4 Å². The molecule has 2 aromatic carbocycles. The van der Waals surface area contributed by atoms with Crippen LogP contribution in [-0.2, 0) is 0 Å². The van der Waals surface area contributed by atoms with E-state index in [4.69, 9.17) is 22.1 Å². The molecule has 3 rings (SSSR count). The number of nitrogens with zero attached hydrogens (tertiary/aromatic N) is 2. The molecule has 0 saturated heterocycles. The average molecular weight is 377 g/mol. The summed E-state index contributed by atoms with van der Waals surface area (Å²) in [4.78, 5) is 16.3. The van der Waals surface area contributed by atoms with Gasteiger partial charge in [0.25, 0.3) is 5.91 Å². The number of benzene rings is 2. The van der Waals surface area contributed by atoms with Gasteiger partial charge in [-0.05, 0) is 30.3 Å². The lowest BCUT2D eigenvalue weighted by Gasteiger charge is -2.06. The summed E-state index contributed by atoms with van der Waals surface area (Å²) < 4.78 is 5.77. The van der Waals surface area contributed by atoms with E-state index >= 15 is 0 Å². The quantitative estimate of drug-likeness (QED) is 0.479. The summed E-state index contributed by atoms with van der Waals surface area (Å²) in [5.41, 5.74) is 9.66. The Balaban J connectivity index is 1.74. The summed E-state index contributed by atoms with van der Waals surface area (Å²) >= 11 is 7.33. The first-order valence-electron chi connectivity index (χ1n) is 7.04. The number of ether oxygens (including phenoxy) is 1. The van der Waals surface area contributed by atoms with Gasteiger partial charge in [-0.1, -0.05) is 22.9 Å². The third-order valence-electron chi connectivity index (χ3n) is 3.37. The number of amides is 1. The lowest BCUT2D eigenvalue weighted by Crippen LogP contribution is -2.17. The van der Waals surface area contributed by atoms with Gasteiger partial charge in [0.2, 0.25) is 0 Å². The van der Waals surface area contributed by atoms with Gasteiger partial charge in [0.15, 0.2) is 16.6 Å². The van der Waals surface area contributed by atoms with Gasteiger partial charge in [0, 0.05) is 11.1 Å². The predicted octanol–water partition coefficient (Wildman–Crippen LogP) is 3.01. The number of hydrogen-bond acceptors (Lipinski definition) is 7. The van der Waals surface area contributed by atoms with Crippen molar-refractivity contribution in [3.63, 3.8) is 0 Å². The van der Waals surface area contributed by atoms with Gasteiger partial charge in [-0.3, -0.25) is 4.79 Å². The molecule has 1 heterocycles. The van der Waals surface area contributed by atoms with Crippen molar-refractivity contribution in [2.75, 3.05) is 12.8 Å². The number of hydrazone groups is 1. The number of phenolic OH excluding ortho intramolecular Hbond substituents is 1. The topological polar surface area (TPSA) is 110 Å². The van der Waals surface area contributed by atoms with Gasteiger partial charge < -0.3 is 15.6 Å². The van der Waals surface area contributed by atoms with E-state index < -0.39 is 0 Å². The Bertz CT molecular complexity index is 987. The summed E-state index contributed by atoms with van der Waals surface area (Å²) in [6.07, 6.45) is 1.34. The maximum absolute atomic E-state index is 12.2. The zero-order valence-corrected chi connectivity index (χ0v) is 14.6. The van der Waals surface area contributed by atoms with E-state index in [1.54, 1.807) is 30.3 Å². The smallest absolute Gasteiger partial charge is 0.271 e. The monoisotopic (exact) mass is 376 g/mol. The SMILES string of the molecule is COc1ccc(/C=N\NC(=O)c2ccc3nc(N)sc3c2)c(Cl)c1O. The van der Waals surface area contributed by atoms with Crippen molar-refractivity contribution in [3.8, 4) is 11.5 Å². The van der Waals surface area contributed by atoms with Gasteiger partial charge in [-0.15, -0.1) is 0 Å². The molecule has 9 heteroatoms. The molecular weight excluding hydrogens is 364 g/mol. The van der Waals surface area contributed by atoms with Gasteiger partial charge >= 0.3 is 0 Å². The number of halogens is 1. The predicted molar refractivity (Wildman–Crippen MR) is 98.8 cm³/mol. The summed E-state index contributed by atoms with van der Waals surface area (Å²) in [5, 5.41) is 14.2. The lowest BCUT2D eigenvalue weighted by atomic mass is 10.2. The van der Waals surface area contributed by atoms with E-state index in [2.05, 4.69) is 15.5 Å². The van der Waals surface area contributed by atoms with Crippen LogP contribution in [0.1, 0.15) is 15.9 Å². The molecule has 0 bridgehead atoms. The third kappa shape index (κ3) is 3.49. The minimum atomic E-state index is -0.390. The van der Waals surface area contributed by atoms with Crippen LogP contribution in [0.5, 0.6) is 11.5 Å². The largest absolute Gasteiger partial charge is 0.503 e. The number of nitrogens with one attached hydrogen (secondary N) is 1. The van der Waals surface area contributed by atoms with Crippen molar-refractivity contribution in [2.24, 2.45) is 5.10 Å². The highest BCUT2D eigenvalue weighted by atomic mass is 35.5. The second-order valence-corrected chi connectivity index (χ2v) is 6.39. The number of thiazole rings is 1. The number of nitrogen functional groups attached to an aromatic ring is 1. The van der Waals surface area contributed by atoms with Crippen LogP contribution in [0.25, 0.3) is 10.2 Å². The highest BCUT2D eigenvalue weighted by molar-refractivity contribution is 7.22. The molecule has 0 aliphatic carbocycles. The molecule has 0 radical (unpaired) electrons. The molecule has 0 fully saturated rings. The molecule has 1 aromatic heterocycles. The van der Waals surface area contributed by atoms with Crippen LogP contribution in [0.2, 0.25) is 5.02 Å². The summed E-state index contributed by atoms with van der Waals surface area (Å²) in [7, 11) is 1.42. The first-order valence-corrected chi connectivity index (χ1v) is 8.24. The fourth-order valence-electron chi connectivity index (χ4n) is 2.14. The van der Waals surface area contributed by atoms with Crippen molar-refractivity contribution < 1.29 is 14.6 Å². The maximum atomic E-state index is 12.2. The Morgan fingerprint density at radius 3 is 3.00 bits per heavy atom. The Labute approximate surface area is 151 Å². The normalized spacial score (nSPS) is 11.1. The molecule has 0 aliphatic heterocycles. The summed E-state index contributed by atoms with van der Waals surface area (Å²) in [5.74, 6) is -0.324. The highest BCUT2D eigenvalue weighted by Crippen LogP contribution is 2.35. The van der Waals surface area contributed by atoms with E-state index in [1.165, 1.54) is 24.7 Å². The van der Waals surface area contributed by atoms with Gasteiger partial charge in [0.05, 0.1) is 28.6 Å². The van der Waals surface area contributed by atoms with Crippen molar-refractivity contribution in [1.82, 2.24) is 10.4 Å². The van der Waals surface area contributed by atoms with Crippen molar-refractivity contribution in [3.05, 3.63) is 46.5 Å². The van der Waals surface area contributed by atoms with E-state index in [9.17, 15) is 9.90 Å². The molecule has 0 saturated carbocycles. The summed E-state index contributed by atoms with van der Waals surface area (Å²) in [6.45, 7) is 0. The van der Waals surface area contributed by atoms with E-state index in [1.807, 2.05) is 0 Å². The number of phenols is 1. The second-order valence-electron chi connectivity index (χ2n) is 4.95. The van der Waals surface area contributed by atoms with Gasteiger partial charge in [0.1, 0.15) is 0 Å². The first kappa shape index (κ1) is 17.0. The number of carbonyl (C=O) groups is 1. The second kappa shape index (κ2) is 6.96. The van der Waals surface area contributed by atoms with Crippen LogP contribution < -0.4 is 15.9 Å². The molecule has 0 unspecified atom stereocenters. The van der Waals surface area contributed by atoms with Crippen LogP contribution in [0.15, 0.2) is 35.4 Å². The van der Waals surface area contributed by atoms with Crippen LogP contribution >= 0.6 is 22.9 Å². The Kier molecular flexibility index (Phi) is 4.73. The van der Waals surface area contributed by atoms with Gasteiger partial charge in [-0.25, -0.2) is 10.4 Å².